The molecule has 2 aromatic rings. The average Bonchev–Trinajstić information content (AvgIpc) is 2.91. The molecule has 1 aliphatic heterocycles. The molecule has 6 heteroatoms. The molecule has 1 aliphatic rings. The van der Waals surface area contributed by atoms with Crippen molar-refractivity contribution in [2.24, 2.45) is 5.92 Å². The van der Waals surface area contributed by atoms with Crippen LogP contribution in [0.3, 0.4) is 0 Å². The maximum Gasteiger partial charge on any atom is 0.177 e. The Bertz CT molecular complexity index is 638. The van der Waals surface area contributed by atoms with Crippen molar-refractivity contribution in [1.82, 2.24) is 14.6 Å². The van der Waals surface area contributed by atoms with Gasteiger partial charge in [-0.25, -0.2) is 9.50 Å². The second-order valence-corrected chi connectivity index (χ2v) is 4.77. The zero-order chi connectivity index (χ0) is 12.7. The Balaban J connectivity index is 2.08. The van der Waals surface area contributed by atoms with Gasteiger partial charge in [-0.2, -0.15) is 5.26 Å². The maximum absolute atomic E-state index is 9.07. The van der Waals surface area contributed by atoms with Crippen LogP contribution in [0.5, 0.6) is 0 Å². The minimum atomic E-state index is 0.233. The Labute approximate surface area is 105 Å². The molecule has 0 saturated carbocycles. The summed E-state index contributed by atoms with van der Waals surface area (Å²) in [4.78, 5) is 6.74. The van der Waals surface area contributed by atoms with E-state index in [2.05, 4.69) is 28.0 Å². The molecule has 0 spiro atoms. The molecule has 0 amide bonds. The van der Waals surface area contributed by atoms with Crippen LogP contribution in [-0.4, -0.2) is 27.7 Å². The number of hydrogen-bond acceptors (Lipinski definition) is 5. The number of nitrogens with two attached hydrogens (primary N) is 1. The first kappa shape index (κ1) is 10.8. The van der Waals surface area contributed by atoms with Crippen molar-refractivity contribution >= 4 is 17.3 Å². The Morgan fingerprint density at radius 3 is 3.06 bits per heavy atom. The molecule has 0 aliphatic carbocycles. The fourth-order valence-corrected chi connectivity index (χ4v) is 2.36. The molecule has 1 fully saturated rings. The summed E-state index contributed by atoms with van der Waals surface area (Å²) >= 11 is 0. The number of fused-ring (bicyclic) bond motifs is 1. The van der Waals surface area contributed by atoms with E-state index in [1.54, 1.807) is 10.7 Å². The Morgan fingerprint density at radius 2 is 2.39 bits per heavy atom. The SMILES string of the molecule is CC1CCN(c2ccn3nc(N)c(C#N)c3n2)C1. The zero-order valence-electron chi connectivity index (χ0n) is 10.2. The lowest BCUT2D eigenvalue weighted by atomic mass is 10.2. The molecule has 0 aromatic carbocycles. The van der Waals surface area contributed by atoms with Gasteiger partial charge in [0.1, 0.15) is 17.5 Å². The Hall–Kier alpha value is -2.29. The molecular formula is C12H14N6. The molecule has 0 bridgehead atoms. The van der Waals surface area contributed by atoms with Gasteiger partial charge in [0.05, 0.1) is 0 Å². The van der Waals surface area contributed by atoms with Crippen molar-refractivity contribution in [2.75, 3.05) is 23.7 Å². The first-order valence-corrected chi connectivity index (χ1v) is 5.99. The highest BCUT2D eigenvalue weighted by atomic mass is 15.3. The number of rotatable bonds is 1. The molecular weight excluding hydrogens is 228 g/mol. The Morgan fingerprint density at radius 1 is 1.56 bits per heavy atom. The van der Waals surface area contributed by atoms with Crippen LogP contribution in [0, 0.1) is 17.2 Å². The summed E-state index contributed by atoms with van der Waals surface area (Å²) in [5.41, 5.74) is 6.57. The molecule has 2 N–H and O–H groups in total. The molecule has 6 nitrogen and oxygen atoms in total. The standard InChI is InChI=1S/C12H14N6/c1-8-2-4-17(7-8)10-3-5-18-12(15-10)9(6-13)11(14)16-18/h3,5,8H,2,4,7H2,1H3,(H2,14,16). The van der Waals surface area contributed by atoms with Gasteiger partial charge in [-0.15, -0.1) is 5.10 Å². The molecule has 18 heavy (non-hydrogen) atoms. The van der Waals surface area contributed by atoms with Gasteiger partial charge in [-0.3, -0.25) is 0 Å². The highest BCUT2D eigenvalue weighted by Crippen LogP contribution is 2.23. The Kier molecular flexibility index (Phi) is 2.33. The van der Waals surface area contributed by atoms with Gasteiger partial charge in [-0.1, -0.05) is 6.92 Å². The van der Waals surface area contributed by atoms with Crippen molar-refractivity contribution < 1.29 is 0 Å². The van der Waals surface area contributed by atoms with E-state index in [9.17, 15) is 0 Å². The first-order valence-electron chi connectivity index (χ1n) is 5.99. The third kappa shape index (κ3) is 1.56. The van der Waals surface area contributed by atoms with Crippen LogP contribution in [0.15, 0.2) is 12.3 Å². The average molecular weight is 242 g/mol. The number of nitrogens with zero attached hydrogens (tertiary/aromatic N) is 5. The van der Waals surface area contributed by atoms with E-state index in [1.165, 1.54) is 6.42 Å². The zero-order valence-corrected chi connectivity index (χ0v) is 10.2. The van der Waals surface area contributed by atoms with Crippen LogP contribution in [0.4, 0.5) is 11.6 Å². The van der Waals surface area contributed by atoms with Gasteiger partial charge < -0.3 is 10.6 Å². The topological polar surface area (TPSA) is 83.2 Å². The number of aromatic nitrogens is 3. The van der Waals surface area contributed by atoms with Gasteiger partial charge in [0, 0.05) is 19.3 Å². The van der Waals surface area contributed by atoms with E-state index in [-0.39, 0.29) is 5.82 Å². The van der Waals surface area contributed by atoms with Crippen LogP contribution in [-0.2, 0) is 0 Å². The molecule has 3 rings (SSSR count). The van der Waals surface area contributed by atoms with Crippen molar-refractivity contribution in [3.05, 3.63) is 17.8 Å². The van der Waals surface area contributed by atoms with Gasteiger partial charge in [0.15, 0.2) is 11.5 Å². The van der Waals surface area contributed by atoms with Gasteiger partial charge >= 0.3 is 0 Å². The van der Waals surface area contributed by atoms with E-state index < -0.39 is 0 Å². The van der Waals surface area contributed by atoms with E-state index in [1.807, 2.05) is 6.07 Å². The molecule has 1 atom stereocenters. The summed E-state index contributed by atoms with van der Waals surface area (Å²) in [5.74, 6) is 1.81. The fourth-order valence-electron chi connectivity index (χ4n) is 2.36. The highest BCUT2D eigenvalue weighted by Gasteiger charge is 2.21. The van der Waals surface area contributed by atoms with Gasteiger partial charge in [0.25, 0.3) is 0 Å². The lowest BCUT2D eigenvalue weighted by Crippen LogP contribution is -2.20. The molecule has 3 heterocycles. The summed E-state index contributed by atoms with van der Waals surface area (Å²) < 4.78 is 1.55. The van der Waals surface area contributed by atoms with Crippen LogP contribution < -0.4 is 10.6 Å². The minimum Gasteiger partial charge on any atom is -0.381 e. The van der Waals surface area contributed by atoms with Crippen molar-refractivity contribution in [3.63, 3.8) is 0 Å². The smallest absolute Gasteiger partial charge is 0.177 e. The van der Waals surface area contributed by atoms with Gasteiger partial charge in [0.2, 0.25) is 0 Å². The summed E-state index contributed by atoms with van der Waals surface area (Å²) in [5, 5.41) is 13.1. The van der Waals surface area contributed by atoms with E-state index >= 15 is 0 Å². The predicted molar refractivity (Wildman–Crippen MR) is 68.1 cm³/mol. The molecule has 0 radical (unpaired) electrons. The lowest BCUT2D eigenvalue weighted by Gasteiger charge is -2.16. The van der Waals surface area contributed by atoms with E-state index in [4.69, 9.17) is 11.0 Å². The highest BCUT2D eigenvalue weighted by molar-refractivity contribution is 5.67. The van der Waals surface area contributed by atoms with Crippen molar-refractivity contribution in [1.29, 1.82) is 5.26 Å². The normalized spacial score (nSPS) is 19.3. The quantitative estimate of drug-likeness (QED) is 0.807. The van der Waals surface area contributed by atoms with Crippen LogP contribution >= 0.6 is 0 Å². The number of hydrogen-bond donors (Lipinski definition) is 1. The third-order valence-corrected chi connectivity index (χ3v) is 3.36. The monoisotopic (exact) mass is 242 g/mol. The van der Waals surface area contributed by atoms with E-state index in [0.29, 0.717) is 17.1 Å². The number of nitrogen functional groups attached to an aromatic ring is 1. The minimum absolute atomic E-state index is 0.233. The molecule has 1 unspecified atom stereocenters. The first-order chi connectivity index (χ1) is 8.69. The van der Waals surface area contributed by atoms with Crippen molar-refractivity contribution in [2.45, 2.75) is 13.3 Å². The second kappa shape index (κ2) is 3.88. The largest absolute Gasteiger partial charge is 0.381 e. The van der Waals surface area contributed by atoms with Crippen LogP contribution in [0.25, 0.3) is 5.65 Å². The lowest BCUT2D eigenvalue weighted by molar-refractivity contribution is 0.659. The number of anilines is 2. The summed E-state index contributed by atoms with van der Waals surface area (Å²) in [6.45, 7) is 4.25. The summed E-state index contributed by atoms with van der Waals surface area (Å²) in [6.07, 6.45) is 2.98. The van der Waals surface area contributed by atoms with Crippen molar-refractivity contribution in [3.8, 4) is 6.07 Å². The van der Waals surface area contributed by atoms with E-state index in [0.717, 1.165) is 18.9 Å². The maximum atomic E-state index is 9.07. The summed E-state index contributed by atoms with van der Waals surface area (Å²) in [6, 6.07) is 3.97. The molecule has 1 saturated heterocycles. The van der Waals surface area contributed by atoms with Gasteiger partial charge in [-0.05, 0) is 18.4 Å². The fraction of sp³-hybridized carbons (Fsp3) is 0.417. The predicted octanol–water partition coefficient (Wildman–Crippen LogP) is 1.03. The molecule has 2 aromatic heterocycles. The second-order valence-electron chi connectivity index (χ2n) is 4.77. The van der Waals surface area contributed by atoms with Crippen LogP contribution in [0.1, 0.15) is 18.9 Å². The third-order valence-electron chi connectivity index (χ3n) is 3.36. The summed E-state index contributed by atoms with van der Waals surface area (Å²) in [7, 11) is 0. The molecule has 92 valence electrons. The number of nitriles is 1. The van der Waals surface area contributed by atoms with Crippen LogP contribution in [0.2, 0.25) is 0 Å².